The average molecular weight is 512 g/mol. The molecule has 4 rings (SSSR count). The van der Waals surface area contributed by atoms with E-state index in [1.807, 2.05) is 56.3 Å². The molecule has 0 spiro atoms. The van der Waals surface area contributed by atoms with Gasteiger partial charge < -0.3 is 14.4 Å². The lowest BCUT2D eigenvalue weighted by Gasteiger charge is -2.24. The van der Waals surface area contributed by atoms with Gasteiger partial charge in [0.2, 0.25) is 0 Å². The van der Waals surface area contributed by atoms with Gasteiger partial charge in [-0.2, -0.15) is 10.1 Å². The highest BCUT2D eigenvalue weighted by Crippen LogP contribution is 2.29. The second-order valence-electron chi connectivity index (χ2n) is 9.50. The maximum absolute atomic E-state index is 13.2. The van der Waals surface area contributed by atoms with Crippen molar-refractivity contribution in [3.63, 3.8) is 0 Å². The van der Waals surface area contributed by atoms with Gasteiger partial charge in [0.25, 0.3) is 5.91 Å². The van der Waals surface area contributed by atoms with Gasteiger partial charge >= 0.3 is 0 Å². The zero-order valence-electron chi connectivity index (χ0n) is 23.2. The first kappa shape index (κ1) is 27.0. The minimum Gasteiger partial charge on any atom is -0.493 e. The lowest BCUT2D eigenvalue weighted by molar-refractivity contribution is -0.114. The lowest BCUT2D eigenvalue weighted by Crippen LogP contribution is -2.28. The molecule has 0 aliphatic carbocycles. The predicted molar refractivity (Wildman–Crippen MR) is 157 cm³/mol. The van der Waals surface area contributed by atoms with Crippen LogP contribution >= 0.6 is 0 Å². The molecule has 38 heavy (non-hydrogen) atoms. The second-order valence-corrected chi connectivity index (χ2v) is 9.50. The summed E-state index contributed by atoms with van der Waals surface area (Å²) in [5.41, 5.74) is 7.69. The van der Waals surface area contributed by atoms with Crippen LogP contribution in [-0.4, -0.2) is 38.4 Å². The molecule has 0 bridgehead atoms. The van der Waals surface area contributed by atoms with E-state index in [-0.39, 0.29) is 5.91 Å². The molecule has 0 saturated heterocycles. The van der Waals surface area contributed by atoms with Crippen LogP contribution in [0, 0.1) is 13.8 Å². The minimum atomic E-state index is -0.107. The number of ether oxygens (including phenoxy) is 2. The molecule has 198 valence electrons. The number of hydrogen-bond donors (Lipinski definition) is 0. The third-order valence-corrected chi connectivity index (χ3v) is 6.90. The molecule has 0 radical (unpaired) electrons. The highest BCUT2D eigenvalue weighted by molar-refractivity contribution is 6.32. The molecule has 1 aliphatic heterocycles. The number of anilines is 2. The lowest BCUT2D eigenvalue weighted by atomic mass is 10.0. The van der Waals surface area contributed by atoms with E-state index in [0.29, 0.717) is 17.9 Å². The van der Waals surface area contributed by atoms with Crippen LogP contribution in [0.4, 0.5) is 11.4 Å². The van der Waals surface area contributed by atoms with Gasteiger partial charge in [0.15, 0.2) is 11.5 Å². The first-order chi connectivity index (χ1) is 18.3. The van der Waals surface area contributed by atoms with Crippen molar-refractivity contribution < 1.29 is 14.3 Å². The Balaban J connectivity index is 1.45. The van der Waals surface area contributed by atoms with E-state index in [9.17, 15) is 4.79 Å². The SMILES string of the molecule is CCc1ccc(OCCN(CC)c2ccc(/C=C3/C(=O)N(c4ccc(C)cc4)N=C3C)c(C)c2)c(OC)c1. The van der Waals surface area contributed by atoms with Crippen LogP contribution < -0.4 is 19.4 Å². The molecule has 0 unspecified atom stereocenters. The normalized spacial score (nSPS) is 14.2. The van der Waals surface area contributed by atoms with Crippen molar-refractivity contribution in [1.29, 1.82) is 0 Å². The molecule has 0 atom stereocenters. The van der Waals surface area contributed by atoms with Gasteiger partial charge in [-0.3, -0.25) is 4.79 Å². The molecule has 0 N–H and O–H groups in total. The van der Waals surface area contributed by atoms with Crippen LogP contribution in [0.15, 0.2) is 71.3 Å². The van der Waals surface area contributed by atoms with Crippen LogP contribution in [0.1, 0.15) is 43.0 Å². The number of carbonyl (C=O) groups excluding carboxylic acids is 1. The zero-order chi connectivity index (χ0) is 27.2. The predicted octanol–water partition coefficient (Wildman–Crippen LogP) is 6.59. The summed E-state index contributed by atoms with van der Waals surface area (Å²) >= 11 is 0. The Bertz CT molecular complexity index is 1360. The van der Waals surface area contributed by atoms with Gasteiger partial charge in [-0.25, -0.2) is 0 Å². The fourth-order valence-electron chi connectivity index (χ4n) is 4.51. The minimum absolute atomic E-state index is 0.107. The molecule has 0 aromatic heterocycles. The van der Waals surface area contributed by atoms with Crippen molar-refractivity contribution in [2.75, 3.05) is 36.7 Å². The molecule has 3 aromatic rings. The standard InChI is InChI=1S/C32H37N3O3/c1-7-25-11-16-30(31(20-25)37-6)38-18-17-34(8-2)28-15-12-26(23(4)19-28)21-29-24(5)33-35(32(29)36)27-13-9-22(3)10-14-27/h9-16,19-21H,7-8,17-18H2,1-6H3/b29-21+. The summed E-state index contributed by atoms with van der Waals surface area (Å²) in [6.07, 6.45) is 2.90. The van der Waals surface area contributed by atoms with E-state index in [0.717, 1.165) is 59.1 Å². The Morgan fingerprint density at radius 1 is 0.947 bits per heavy atom. The number of hydrazone groups is 1. The molecular weight excluding hydrogens is 474 g/mol. The summed E-state index contributed by atoms with van der Waals surface area (Å²) in [6.45, 7) is 12.4. The number of amides is 1. The van der Waals surface area contributed by atoms with Gasteiger partial charge in [0, 0.05) is 12.2 Å². The van der Waals surface area contributed by atoms with Crippen LogP contribution in [-0.2, 0) is 11.2 Å². The van der Waals surface area contributed by atoms with Gasteiger partial charge in [0.1, 0.15) is 6.61 Å². The first-order valence-corrected chi connectivity index (χ1v) is 13.2. The number of aryl methyl sites for hydroxylation is 3. The van der Waals surface area contributed by atoms with Crippen molar-refractivity contribution in [1.82, 2.24) is 0 Å². The molecule has 1 amide bonds. The number of likely N-dealkylation sites (N-methyl/N-ethyl adjacent to an activating group) is 1. The Morgan fingerprint density at radius 3 is 2.37 bits per heavy atom. The number of nitrogens with zero attached hydrogens (tertiary/aromatic N) is 3. The summed E-state index contributed by atoms with van der Waals surface area (Å²) < 4.78 is 11.6. The Morgan fingerprint density at radius 2 is 1.71 bits per heavy atom. The molecule has 6 heteroatoms. The van der Waals surface area contributed by atoms with E-state index in [1.54, 1.807) is 7.11 Å². The van der Waals surface area contributed by atoms with Crippen LogP contribution in [0.3, 0.4) is 0 Å². The third-order valence-electron chi connectivity index (χ3n) is 6.90. The van der Waals surface area contributed by atoms with Crippen molar-refractivity contribution in [3.8, 4) is 11.5 Å². The number of carbonyl (C=O) groups is 1. The van der Waals surface area contributed by atoms with Gasteiger partial charge in [-0.15, -0.1) is 0 Å². The quantitative estimate of drug-likeness (QED) is 0.288. The molecular formula is C32H37N3O3. The van der Waals surface area contributed by atoms with E-state index in [1.165, 1.54) is 10.6 Å². The van der Waals surface area contributed by atoms with E-state index in [4.69, 9.17) is 9.47 Å². The van der Waals surface area contributed by atoms with Crippen LogP contribution in [0.25, 0.3) is 6.08 Å². The largest absolute Gasteiger partial charge is 0.493 e. The Labute approximate surface area is 226 Å². The summed E-state index contributed by atoms with van der Waals surface area (Å²) in [5.74, 6) is 1.42. The van der Waals surface area contributed by atoms with E-state index >= 15 is 0 Å². The second kappa shape index (κ2) is 12.0. The Hall–Kier alpha value is -4.06. The van der Waals surface area contributed by atoms with Crippen molar-refractivity contribution >= 4 is 29.1 Å². The summed E-state index contributed by atoms with van der Waals surface area (Å²) in [5, 5.41) is 6.00. The zero-order valence-corrected chi connectivity index (χ0v) is 23.2. The number of methoxy groups -OCH3 is 1. The number of hydrogen-bond acceptors (Lipinski definition) is 5. The summed E-state index contributed by atoms with van der Waals surface area (Å²) in [4.78, 5) is 15.4. The topological polar surface area (TPSA) is 54.4 Å². The maximum atomic E-state index is 13.2. The van der Waals surface area contributed by atoms with Gasteiger partial charge in [0.05, 0.1) is 30.6 Å². The summed E-state index contributed by atoms with van der Waals surface area (Å²) in [7, 11) is 1.67. The molecule has 0 saturated carbocycles. The van der Waals surface area contributed by atoms with Gasteiger partial charge in [-0.05, 0) is 93.3 Å². The van der Waals surface area contributed by atoms with Crippen LogP contribution in [0.2, 0.25) is 0 Å². The van der Waals surface area contributed by atoms with Crippen molar-refractivity contribution in [3.05, 3.63) is 88.5 Å². The smallest absolute Gasteiger partial charge is 0.280 e. The molecule has 1 aliphatic rings. The molecule has 3 aromatic carbocycles. The van der Waals surface area contributed by atoms with Crippen molar-refractivity contribution in [2.45, 2.75) is 41.0 Å². The number of benzene rings is 3. The highest BCUT2D eigenvalue weighted by Gasteiger charge is 2.28. The fourth-order valence-corrected chi connectivity index (χ4v) is 4.51. The molecule has 0 fully saturated rings. The third kappa shape index (κ3) is 5.91. The highest BCUT2D eigenvalue weighted by atomic mass is 16.5. The Kier molecular flexibility index (Phi) is 8.52. The van der Waals surface area contributed by atoms with Gasteiger partial charge in [-0.1, -0.05) is 36.8 Å². The van der Waals surface area contributed by atoms with Crippen LogP contribution in [0.5, 0.6) is 11.5 Å². The fraction of sp³-hybridized carbons (Fsp3) is 0.312. The number of rotatable bonds is 10. The first-order valence-electron chi connectivity index (χ1n) is 13.2. The maximum Gasteiger partial charge on any atom is 0.280 e. The van der Waals surface area contributed by atoms with E-state index in [2.05, 4.69) is 55.0 Å². The van der Waals surface area contributed by atoms with Crippen molar-refractivity contribution in [2.24, 2.45) is 5.10 Å². The molecule has 1 heterocycles. The van der Waals surface area contributed by atoms with E-state index < -0.39 is 0 Å². The monoisotopic (exact) mass is 511 g/mol. The molecule has 6 nitrogen and oxygen atoms in total. The average Bonchev–Trinajstić information content (AvgIpc) is 3.21. The summed E-state index contributed by atoms with van der Waals surface area (Å²) in [6, 6.07) is 20.2.